The number of hydrogen-bond acceptors (Lipinski definition) is 3. The van der Waals surface area contributed by atoms with Gasteiger partial charge in [0, 0.05) is 24.6 Å². The van der Waals surface area contributed by atoms with Gasteiger partial charge in [0.2, 0.25) is 11.8 Å². The van der Waals surface area contributed by atoms with Crippen molar-refractivity contribution in [3.8, 4) is 0 Å². The Morgan fingerprint density at radius 2 is 1.93 bits per heavy atom. The average molecular weight is 214 g/mol. The summed E-state index contributed by atoms with van der Waals surface area (Å²) in [4.78, 5) is 31.7. The van der Waals surface area contributed by atoms with Crippen molar-refractivity contribution in [2.24, 2.45) is 5.73 Å². The van der Waals surface area contributed by atoms with Gasteiger partial charge in [0.1, 0.15) is 0 Å². The molecular formula is C9H14N2O4. The van der Waals surface area contributed by atoms with Gasteiger partial charge in [-0.05, 0) is 13.3 Å². The predicted molar refractivity (Wildman–Crippen MR) is 52.6 cm³/mol. The molecule has 0 aliphatic carbocycles. The van der Waals surface area contributed by atoms with Crippen LogP contribution < -0.4 is 11.1 Å². The lowest BCUT2D eigenvalue weighted by Crippen LogP contribution is -2.22. The van der Waals surface area contributed by atoms with Crippen molar-refractivity contribution in [2.75, 3.05) is 0 Å². The minimum atomic E-state index is -0.938. The first kappa shape index (κ1) is 13.2. The van der Waals surface area contributed by atoms with E-state index in [0.717, 1.165) is 6.08 Å². The third-order valence-corrected chi connectivity index (χ3v) is 1.49. The maximum absolute atomic E-state index is 11.1. The first-order valence-corrected chi connectivity index (χ1v) is 4.41. The lowest BCUT2D eigenvalue weighted by molar-refractivity contribution is -0.137. The number of carboxylic acids is 1. The summed E-state index contributed by atoms with van der Waals surface area (Å²) in [6.45, 7) is 1.53. The van der Waals surface area contributed by atoms with Gasteiger partial charge in [-0.25, -0.2) is 0 Å². The highest BCUT2D eigenvalue weighted by Crippen LogP contribution is 1.96. The number of aliphatic carboxylic acids is 1. The fourth-order valence-electron chi connectivity index (χ4n) is 0.932. The first-order chi connectivity index (χ1) is 6.91. The van der Waals surface area contributed by atoms with Crippen LogP contribution >= 0.6 is 0 Å². The summed E-state index contributed by atoms with van der Waals surface area (Å²) < 4.78 is 0. The minimum absolute atomic E-state index is 0.0496. The third-order valence-electron chi connectivity index (χ3n) is 1.49. The highest BCUT2D eigenvalue weighted by atomic mass is 16.4. The van der Waals surface area contributed by atoms with E-state index in [4.69, 9.17) is 10.8 Å². The molecule has 0 aliphatic rings. The van der Waals surface area contributed by atoms with Crippen LogP contribution in [0.25, 0.3) is 0 Å². The molecule has 0 aliphatic heterocycles. The van der Waals surface area contributed by atoms with E-state index in [0.29, 0.717) is 5.70 Å². The Balaban J connectivity index is 3.84. The van der Waals surface area contributed by atoms with Gasteiger partial charge in [0.25, 0.3) is 0 Å². The standard InChI is InChI=1S/C9H14N2O4/c1-6(5-7(10)12)11-8(13)3-2-4-9(14)15/h5H,2-4H2,1H3,(H2,10,12)(H,11,13)(H,14,15)/b6-5-. The van der Waals surface area contributed by atoms with Crippen molar-refractivity contribution >= 4 is 17.8 Å². The number of carbonyl (C=O) groups excluding carboxylic acids is 2. The number of carbonyl (C=O) groups is 3. The Hall–Kier alpha value is -1.85. The molecule has 0 unspecified atom stereocenters. The maximum atomic E-state index is 11.1. The number of nitrogens with two attached hydrogens (primary N) is 1. The van der Waals surface area contributed by atoms with Crippen LogP contribution in [0.5, 0.6) is 0 Å². The van der Waals surface area contributed by atoms with E-state index in [9.17, 15) is 14.4 Å². The summed E-state index contributed by atoms with van der Waals surface area (Å²) in [5, 5.41) is 10.7. The van der Waals surface area contributed by atoms with Crippen molar-refractivity contribution in [2.45, 2.75) is 26.2 Å². The Labute approximate surface area is 87.1 Å². The molecule has 6 nitrogen and oxygen atoms in total. The van der Waals surface area contributed by atoms with Crippen molar-refractivity contribution in [3.05, 3.63) is 11.8 Å². The van der Waals surface area contributed by atoms with Gasteiger partial charge in [-0.1, -0.05) is 0 Å². The number of primary amides is 1. The molecule has 0 fully saturated rings. The monoisotopic (exact) mass is 214 g/mol. The van der Waals surface area contributed by atoms with Crippen LogP contribution in [0.4, 0.5) is 0 Å². The van der Waals surface area contributed by atoms with Crippen LogP contribution in [0.2, 0.25) is 0 Å². The molecule has 0 radical (unpaired) electrons. The Morgan fingerprint density at radius 3 is 2.40 bits per heavy atom. The molecule has 0 saturated heterocycles. The van der Waals surface area contributed by atoms with Crippen LogP contribution in [0.1, 0.15) is 26.2 Å². The maximum Gasteiger partial charge on any atom is 0.303 e. The second kappa shape index (κ2) is 6.58. The smallest absolute Gasteiger partial charge is 0.303 e. The number of nitrogens with one attached hydrogen (secondary N) is 1. The Bertz CT molecular complexity index is 296. The molecule has 0 aromatic rings. The molecule has 0 atom stereocenters. The molecular weight excluding hydrogens is 200 g/mol. The van der Waals surface area contributed by atoms with E-state index in [1.165, 1.54) is 6.92 Å². The minimum Gasteiger partial charge on any atom is -0.481 e. The van der Waals surface area contributed by atoms with Crippen LogP contribution in [0.3, 0.4) is 0 Å². The number of carboxylic acid groups (broad SMARTS) is 1. The largest absolute Gasteiger partial charge is 0.481 e. The lowest BCUT2D eigenvalue weighted by Gasteiger charge is -2.03. The van der Waals surface area contributed by atoms with Crippen molar-refractivity contribution < 1.29 is 19.5 Å². The second-order valence-corrected chi connectivity index (χ2v) is 3.03. The predicted octanol–water partition coefficient (Wildman–Crippen LogP) is -0.253. The Morgan fingerprint density at radius 1 is 1.33 bits per heavy atom. The molecule has 15 heavy (non-hydrogen) atoms. The molecule has 2 amide bonds. The van der Waals surface area contributed by atoms with E-state index in [2.05, 4.69) is 5.32 Å². The number of rotatable bonds is 6. The van der Waals surface area contributed by atoms with E-state index < -0.39 is 11.9 Å². The molecule has 0 spiro atoms. The molecule has 0 aromatic heterocycles. The molecule has 6 heteroatoms. The van der Waals surface area contributed by atoms with Crippen molar-refractivity contribution in [1.82, 2.24) is 5.32 Å². The highest BCUT2D eigenvalue weighted by Gasteiger charge is 2.04. The van der Waals surface area contributed by atoms with Crippen LogP contribution in [0, 0.1) is 0 Å². The van der Waals surface area contributed by atoms with E-state index in [1.807, 2.05) is 0 Å². The summed E-state index contributed by atoms with van der Waals surface area (Å²) in [5.41, 5.74) is 5.21. The van der Waals surface area contributed by atoms with Gasteiger partial charge in [0.05, 0.1) is 0 Å². The molecule has 0 saturated carbocycles. The summed E-state index contributed by atoms with van der Waals surface area (Å²) in [6, 6.07) is 0. The van der Waals surface area contributed by atoms with Gasteiger partial charge in [-0.15, -0.1) is 0 Å². The van der Waals surface area contributed by atoms with Crippen LogP contribution in [-0.2, 0) is 14.4 Å². The van der Waals surface area contributed by atoms with E-state index in [-0.39, 0.29) is 25.2 Å². The van der Waals surface area contributed by atoms with Gasteiger partial charge in [-0.3, -0.25) is 14.4 Å². The summed E-state index contributed by atoms with van der Waals surface area (Å²) >= 11 is 0. The molecule has 0 aromatic carbocycles. The van der Waals surface area contributed by atoms with E-state index >= 15 is 0 Å². The zero-order valence-electron chi connectivity index (χ0n) is 8.45. The number of allylic oxidation sites excluding steroid dienone is 1. The van der Waals surface area contributed by atoms with Gasteiger partial charge >= 0.3 is 5.97 Å². The zero-order valence-corrected chi connectivity index (χ0v) is 8.45. The fraction of sp³-hybridized carbons (Fsp3) is 0.444. The number of amides is 2. The number of hydrogen-bond donors (Lipinski definition) is 3. The van der Waals surface area contributed by atoms with Gasteiger partial charge < -0.3 is 16.2 Å². The SMILES string of the molecule is C/C(=C/C(N)=O)NC(=O)CCCC(=O)O. The summed E-state index contributed by atoms with van der Waals surface area (Å²) in [7, 11) is 0. The lowest BCUT2D eigenvalue weighted by atomic mass is 10.2. The Kier molecular flexibility index (Phi) is 5.77. The van der Waals surface area contributed by atoms with Gasteiger partial charge in [0.15, 0.2) is 0 Å². The summed E-state index contributed by atoms with van der Waals surface area (Å²) in [6.07, 6.45) is 1.42. The fourth-order valence-corrected chi connectivity index (χ4v) is 0.932. The van der Waals surface area contributed by atoms with Crippen molar-refractivity contribution in [3.63, 3.8) is 0 Å². The molecule has 0 bridgehead atoms. The second-order valence-electron chi connectivity index (χ2n) is 3.03. The van der Waals surface area contributed by atoms with Crippen LogP contribution in [0.15, 0.2) is 11.8 Å². The topological polar surface area (TPSA) is 109 Å². The van der Waals surface area contributed by atoms with E-state index in [1.54, 1.807) is 0 Å². The molecule has 84 valence electrons. The summed E-state index contributed by atoms with van der Waals surface area (Å²) in [5.74, 6) is -1.91. The highest BCUT2D eigenvalue weighted by molar-refractivity contribution is 5.87. The average Bonchev–Trinajstić information content (AvgIpc) is 2.00. The third kappa shape index (κ3) is 8.48. The van der Waals surface area contributed by atoms with Crippen LogP contribution in [-0.4, -0.2) is 22.9 Å². The first-order valence-electron chi connectivity index (χ1n) is 4.41. The molecule has 0 heterocycles. The molecule has 0 rings (SSSR count). The quantitative estimate of drug-likeness (QED) is 0.529. The zero-order chi connectivity index (χ0) is 11.8. The van der Waals surface area contributed by atoms with Gasteiger partial charge in [-0.2, -0.15) is 0 Å². The van der Waals surface area contributed by atoms with Crippen molar-refractivity contribution in [1.29, 1.82) is 0 Å². The molecule has 4 N–H and O–H groups in total. The normalized spacial score (nSPS) is 10.9.